The molecule has 0 saturated carbocycles. The number of sulfonamides is 1. The zero-order valence-corrected chi connectivity index (χ0v) is 15.1. The number of nitrogens with one attached hydrogen (secondary N) is 3. The van der Waals surface area contributed by atoms with E-state index in [1.165, 1.54) is 18.2 Å². The predicted octanol–water partition coefficient (Wildman–Crippen LogP) is 1.68. The van der Waals surface area contributed by atoms with Crippen molar-refractivity contribution in [2.75, 3.05) is 17.9 Å². The topological polar surface area (TPSA) is 130 Å². The number of alkyl halides is 3. The Balaban J connectivity index is 2.21. The Labute approximate surface area is 157 Å². The SMILES string of the molecule is CCOC(=O)c1cn[nH]c1S(=O)(=O)Nc1cccc(C(=O)NCC(F)(F)F)c1. The Morgan fingerprint density at radius 2 is 2.00 bits per heavy atom. The number of hydrogen-bond acceptors (Lipinski definition) is 6. The number of benzene rings is 1. The third-order valence-electron chi connectivity index (χ3n) is 3.19. The zero-order valence-electron chi connectivity index (χ0n) is 14.3. The lowest BCUT2D eigenvalue weighted by atomic mass is 10.2. The van der Waals surface area contributed by atoms with Crippen molar-refractivity contribution in [3.63, 3.8) is 0 Å². The highest BCUT2D eigenvalue weighted by Crippen LogP contribution is 2.19. The lowest BCUT2D eigenvalue weighted by Gasteiger charge is -2.11. The first kappa shape index (κ1) is 21.2. The standard InChI is InChI=1S/C15H15F3N4O5S/c1-2-27-14(24)11-7-20-21-13(11)28(25,26)22-10-5-3-4-9(6-10)12(23)19-8-15(16,17)18/h3-7,22H,2,8H2,1H3,(H,19,23)(H,20,21). The van der Waals surface area contributed by atoms with Gasteiger partial charge in [0, 0.05) is 11.3 Å². The van der Waals surface area contributed by atoms with Crippen LogP contribution in [-0.4, -0.2) is 49.8 Å². The average Bonchev–Trinajstić information content (AvgIpc) is 3.10. The average molecular weight is 420 g/mol. The monoisotopic (exact) mass is 420 g/mol. The first-order chi connectivity index (χ1) is 13.0. The minimum Gasteiger partial charge on any atom is -0.462 e. The second-order valence-electron chi connectivity index (χ2n) is 5.32. The van der Waals surface area contributed by atoms with E-state index < -0.39 is 39.6 Å². The van der Waals surface area contributed by atoms with Gasteiger partial charge in [-0.3, -0.25) is 14.6 Å². The Bertz CT molecular complexity index is 972. The van der Waals surface area contributed by atoms with E-state index in [0.29, 0.717) is 0 Å². The molecular formula is C15H15F3N4O5S. The number of amides is 1. The number of aromatic nitrogens is 2. The molecule has 0 aliphatic rings. The molecule has 0 spiro atoms. The van der Waals surface area contributed by atoms with Crippen molar-refractivity contribution in [2.45, 2.75) is 18.1 Å². The van der Waals surface area contributed by atoms with Crippen LogP contribution in [0.5, 0.6) is 0 Å². The van der Waals surface area contributed by atoms with Gasteiger partial charge in [-0.15, -0.1) is 0 Å². The molecule has 2 rings (SSSR count). The summed E-state index contributed by atoms with van der Waals surface area (Å²) in [4.78, 5) is 23.6. The fraction of sp³-hybridized carbons (Fsp3) is 0.267. The number of aromatic amines is 1. The maximum absolute atomic E-state index is 12.5. The van der Waals surface area contributed by atoms with E-state index in [-0.39, 0.29) is 23.4 Å². The molecular weight excluding hydrogens is 405 g/mol. The maximum atomic E-state index is 12.5. The zero-order chi connectivity index (χ0) is 20.9. The molecule has 28 heavy (non-hydrogen) atoms. The number of rotatable bonds is 7. The van der Waals surface area contributed by atoms with Gasteiger partial charge in [0.15, 0.2) is 5.03 Å². The summed E-state index contributed by atoms with van der Waals surface area (Å²) in [6.45, 7) is 0.0323. The van der Waals surface area contributed by atoms with Crippen LogP contribution in [0.1, 0.15) is 27.6 Å². The van der Waals surface area contributed by atoms with Gasteiger partial charge in [0.2, 0.25) is 0 Å². The van der Waals surface area contributed by atoms with E-state index in [0.717, 1.165) is 12.3 Å². The van der Waals surface area contributed by atoms with Gasteiger partial charge in [-0.1, -0.05) is 6.07 Å². The van der Waals surface area contributed by atoms with Crippen molar-refractivity contribution in [1.82, 2.24) is 15.5 Å². The van der Waals surface area contributed by atoms with Crippen LogP contribution in [0.15, 0.2) is 35.5 Å². The molecule has 0 saturated heterocycles. The van der Waals surface area contributed by atoms with Crippen molar-refractivity contribution >= 4 is 27.6 Å². The first-order valence-corrected chi connectivity index (χ1v) is 9.20. The van der Waals surface area contributed by atoms with Gasteiger partial charge < -0.3 is 10.1 Å². The molecule has 0 aliphatic carbocycles. The van der Waals surface area contributed by atoms with Crippen LogP contribution in [0.3, 0.4) is 0 Å². The number of ether oxygens (including phenoxy) is 1. The fourth-order valence-electron chi connectivity index (χ4n) is 2.05. The van der Waals surface area contributed by atoms with E-state index in [4.69, 9.17) is 4.74 Å². The smallest absolute Gasteiger partial charge is 0.405 e. The lowest BCUT2D eigenvalue weighted by Crippen LogP contribution is -2.33. The van der Waals surface area contributed by atoms with E-state index in [2.05, 4.69) is 14.9 Å². The van der Waals surface area contributed by atoms with Gasteiger partial charge in [0.1, 0.15) is 12.1 Å². The predicted molar refractivity (Wildman–Crippen MR) is 90.2 cm³/mol. The molecule has 2 aromatic rings. The summed E-state index contributed by atoms with van der Waals surface area (Å²) in [5.74, 6) is -1.94. The van der Waals surface area contributed by atoms with Gasteiger partial charge in [0.05, 0.1) is 12.8 Å². The molecule has 0 aliphatic heterocycles. The molecule has 0 radical (unpaired) electrons. The van der Waals surface area contributed by atoms with Crippen LogP contribution in [0.2, 0.25) is 0 Å². The number of esters is 1. The van der Waals surface area contributed by atoms with E-state index >= 15 is 0 Å². The number of H-pyrrole nitrogens is 1. The highest BCUT2D eigenvalue weighted by molar-refractivity contribution is 7.92. The summed E-state index contributed by atoms with van der Waals surface area (Å²) in [6.07, 6.45) is -3.60. The number of hydrogen-bond donors (Lipinski definition) is 3. The van der Waals surface area contributed by atoms with Gasteiger partial charge >= 0.3 is 12.1 Å². The molecule has 9 nitrogen and oxygen atoms in total. The van der Waals surface area contributed by atoms with Crippen molar-refractivity contribution < 1.29 is 35.9 Å². The van der Waals surface area contributed by atoms with Gasteiger partial charge in [-0.25, -0.2) is 4.79 Å². The summed E-state index contributed by atoms with van der Waals surface area (Å²) in [5, 5.41) is 6.80. The quantitative estimate of drug-likeness (QED) is 0.585. The highest BCUT2D eigenvalue weighted by Gasteiger charge is 2.28. The first-order valence-electron chi connectivity index (χ1n) is 7.72. The molecule has 3 N–H and O–H groups in total. The van der Waals surface area contributed by atoms with Gasteiger partial charge in [-0.2, -0.15) is 26.7 Å². The summed E-state index contributed by atoms with van der Waals surface area (Å²) in [5.41, 5.74) is -0.628. The van der Waals surface area contributed by atoms with Gasteiger partial charge in [0.25, 0.3) is 15.9 Å². The Hall–Kier alpha value is -3.09. The maximum Gasteiger partial charge on any atom is 0.405 e. The fourth-order valence-corrected chi connectivity index (χ4v) is 3.18. The van der Waals surface area contributed by atoms with Crippen LogP contribution in [0, 0.1) is 0 Å². The third kappa shape index (κ3) is 5.45. The van der Waals surface area contributed by atoms with Crippen molar-refractivity contribution in [3.05, 3.63) is 41.6 Å². The second-order valence-corrected chi connectivity index (χ2v) is 6.94. The number of anilines is 1. The van der Waals surface area contributed by atoms with Crippen LogP contribution in [0.4, 0.5) is 18.9 Å². The number of nitrogens with zero attached hydrogens (tertiary/aromatic N) is 1. The number of carbonyl (C=O) groups is 2. The van der Waals surface area contributed by atoms with Crippen molar-refractivity contribution in [2.24, 2.45) is 0 Å². The molecule has 1 aromatic carbocycles. The molecule has 0 unspecified atom stereocenters. The second kappa shape index (κ2) is 8.29. The largest absolute Gasteiger partial charge is 0.462 e. The molecule has 0 bridgehead atoms. The molecule has 0 atom stereocenters. The number of halogens is 3. The molecule has 0 fully saturated rings. The minimum absolute atomic E-state index is 0.0199. The third-order valence-corrected chi connectivity index (χ3v) is 4.55. The molecule has 152 valence electrons. The normalized spacial score (nSPS) is 11.7. The summed E-state index contributed by atoms with van der Waals surface area (Å²) >= 11 is 0. The Kier molecular flexibility index (Phi) is 6.28. The van der Waals surface area contributed by atoms with Crippen molar-refractivity contribution in [3.8, 4) is 0 Å². The Morgan fingerprint density at radius 3 is 2.64 bits per heavy atom. The number of carbonyl (C=O) groups excluding carboxylic acids is 2. The van der Waals surface area contributed by atoms with E-state index in [1.54, 1.807) is 12.2 Å². The highest BCUT2D eigenvalue weighted by atomic mass is 32.2. The minimum atomic E-state index is -4.58. The van der Waals surface area contributed by atoms with E-state index in [9.17, 15) is 31.2 Å². The Morgan fingerprint density at radius 1 is 1.29 bits per heavy atom. The van der Waals surface area contributed by atoms with Crippen LogP contribution < -0.4 is 10.0 Å². The molecule has 1 aromatic heterocycles. The lowest BCUT2D eigenvalue weighted by molar-refractivity contribution is -0.123. The summed E-state index contributed by atoms with van der Waals surface area (Å²) in [7, 11) is -4.32. The molecule has 13 heteroatoms. The van der Waals surface area contributed by atoms with Crippen LogP contribution in [0.25, 0.3) is 0 Å². The van der Waals surface area contributed by atoms with E-state index in [1.807, 2.05) is 0 Å². The molecule has 1 heterocycles. The van der Waals surface area contributed by atoms with Crippen molar-refractivity contribution in [1.29, 1.82) is 0 Å². The molecule has 1 amide bonds. The summed E-state index contributed by atoms with van der Waals surface area (Å²) in [6, 6.07) is 4.81. The van der Waals surface area contributed by atoms with Crippen LogP contribution in [-0.2, 0) is 14.8 Å². The van der Waals surface area contributed by atoms with Crippen LogP contribution >= 0.6 is 0 Å². The summed E-state index contributed by atoms with van der Waals surface area (Å²) < 4.78 is 68.4. The van der Waals surface area contributed by atoms with Gasteiger partial charge in [-0.05, 0) is 25.1 Å².